The number of piperidine rings is 1. The van der Waals surface area contributed by atoms with Gasteiger partial charge in [-0.05, 0) is 37.5 Å². The van der Waals surface area contributed by atoms with Gasteiger partial charge in [-0.1, -0.05) is 11.6 Å². The molecule has 1 aromatic rings. The van der Waals surface area contributed by atoms with E-state index in [1.807, 2.05) is 0 Å². The van der Waals surface area contributed by atoms with E-state index in [1.165, 1.54) is 4.31 Å². The molecule has 2 aliphatic heterocycles. The van der Waals surface area contributed by atoms with Gasteiger partial charge in [-0.2, -0.15) is 0 Å². The van der Waals surface area contributed by atoms with Crippen molar-refractivity contribution < 1.29 is 17.9 Å². The normalized spacial score (nSPS) is 21.6. The minimum atomic E-state index is -3.53. The lowest BCUT2D eigenvalue weighted by molar-refractivity contribution is -0.139. The topological polar surface area (TPSA) is 66.9 Å². The number of halogens is 1. The molecule has 1 saturated heterocycles. The lowest BCUT2D eigenvalue weighted by Gasteiger charge is -2.37. The number of nitrogens with zero attached hydrogens (tertiary/aromatic N) is 2. The average molecular weight is 359 g/mol. The van der Waals surface area contributed by atoms with Gasteiger partial charge in [0.1, 0.15) is 5.75 Å². The number of fused-ring (bicyclic) bond motifs is 1. The summed E-state index contributed by atoms with van der Waals surface area (Å²) in [5.74, 6) is 0.209. The Balaban J connectivity index is 1.91. The Hall–Kier alpha value is -1.47. The zero-order chi connectivity index (χ0) is 16.6. The van der Waals surface area contributed by atoms with Gasteiger partial charge >= 0.3 is 0 Å². The Bertz CT molecular complexity index is 716. The minimum Gasteiger partial charge on any atom is -0.476 e. The molecule has 8 heteroatoms. The van der Waals surface area contributed by atoms with Gasteiger partial charge in [-0.25, -0.2) is 8.42 Å². The van der Waals surface area contributed by atoms with Gasteiger partial charge in [-0.15, -0.1) is 0 Å². The summed E-state index contributed by atoms with van der Waals surface area (Å²) in [7, 11) is -3.53. The van der Waals surface area contributed by atoms with Crippen LogP contribution in [0.15, 0.2) is 18.2 Å². The lowest BCUT2D eigenvalue weighted by atomic mass is 10.1. The van der Waals surface area contributed by atoms with Crippen molar-refractivity contribution in [2.75, 3.05) is 30.2 Å². The zero-order valence-electron chi connectivity index (χ0n) is 12.9. The fourth-order valence-corrected chi connectivity index (χ4v) is 4.06. The average Bonchev–Trinajstić information content (AvgIpc) is 2.53. The van der Waals surface area contributed by atoms with Crippen LogP contribution in [0.4, 0.5) is 5.69 Å². The molecule has 0 saturated carbocycles. The predicted octanol–water partition coefficient (Wildman–Crippen LogP) is 1.88. The maximum atomic E-state index is 12.7. The lowest BCUT2D eigenvalue weighted by Crippen LogP contribution is -2.52. The van der Waals surface area contributed by atoms with Crippen LogP contribution in [0.3, 0.4) is 0 Å². The second-order valence-electron chi connectivity index (χ2n) is 5.90. The number of ether oxygens (including phenoxy) is 1. The second kappa shape index (κ2) is 6.20. The van der Waals surface area contributed by atoms with Crippen molar-refractivity contribution in [1.29, 1.82) is 0 Å². The molecule has 0 radical (unpaired) electrons. The first-order valence-corrected chi connectivity index (χ1v) is 9.81. The Morgan fingerprint density at radius 2 is 1.96 bits per heavy atom. The summed E-state index contributed by atoms with van der Waals surface area (Å²) in [5.41, 5.74) is 0.377. The molecule has 0 aromatic heterocycles. The fraction of sp³-hybridized carbons (Fsp3) is 0.533. The number of sulfonamides is 1. The summed E-state index contributed by atoms with van der Waals surface area (Å²) in [6, 6.07) is 4.76. The van der Waals surface area contributed by atoms with Gasteiger partial charge in [0.2, 0.25) is 10.0 Å². The summed E-state index contributed by atoms with van der Waals surface area (Å²) >= 11 is 5.96. The van der Waals surface area contributed by atoms with Crippen molar-refractivity contribution in [1.82, 2.24) is 4.90 Å². The molecule has 0 spiro atoms. The molecule has 6 nitrogen and oxygen atoms in total. The SMILES string of the molecule is CS(=O)(=O)N1CC(C(=O)N2CCCCC2)Oc2ccc(Cl)cc21. The molecule has 3 rings (SSSR count). The van der Waals surface area contributed by atoms with Gasteiger partial charge in [-0.3, -0.25) is 9.10 Å². The van der Waals surface area contributed by atoms with Crippen molar-refractivity contribution in [2.45, 2.75) is 25.4 Å². The van der Waals surface area contributed by atoms with Crippen molar-refractivity contribution in [3.05, 3.63) is 23.2 Å². The van der Waals surface area contributed by atoms with Crippen LogP contribution in [0.25, 0.3) is 0 Å². The molecule has 0 aliphatic carbocycles. The number of carbonyl (C=O) groups is 1. The number of hydrogen-bond donors (Lipinski definition) is 0. The summed E-state index contributed by atoms with van der Waals surface area (Å²) in [6.45, 7) is 1.37. The van der Waals surface area contributed by atoms with E-state index in [0.717, 1.165) is 25.5 Å². The number of hydrogen-bond acceptors (Lipinski definition) is 4. The van der Waals surface area contributed by atoms with Crippen LogP contribution in [0.2, 0.25) is 5.02 Å². The summed E-state index contributed by atoms with van der Waals surface area (Å²) in [5, 5.41) is 0.418. The van der Waals surface area contributed by atoms with E-state index in [-0.39, 0.29) is 12.5 Å². The predicted molar refractivity (Wildman–Crippen MR) is 88.5 cm³/mol. The molecule has 1 unspecified atom stereocenters. The number of benzene rings is 1. The first-order chi connectivity index (χ1) is 10.9. The summed E-state index contributed by atoms with van der Waals surface area (Å²) in [6.07, 6.45) is 3.36. The first-order valence-electron chi connectivity index (χ1n) is 7.59. The highest BCUT2D eigenvalue weighted by atomic mass is 35.5. The molecule has 1 fully saturated rings. The molecular weight excluding hydrogens is 340 g/mol. The molecule has 2 heterocycles. The Kier molecular flexibility index (Phi) is 4.42. The Morgan fingerprint density at radius 1 is 1.26 bits per heavy atom. The molecule has 126 valence electrons. The van der Waals surface area contributed by atoms with Crippen LogP contribution in [0, 0.1) is 0 Å². The number of anilines is 1. The largest absolute Gasteiger partial charge is 0.476 e. The van der Waals surface area contributed by atoms with Crippen molar-refractivity contribution in [3.8, 4) is 5.75 Å². The van der Waals surface area contributed by atoms with E-state index >= 15 is 0 Å². The van der Waals surface area contributed by atoms with Crippen LogP contribution < -0.4 is 9.04 Å². The second-order valence-corrected chi connectivity index (χ2v) is 8.24. The number of likely N-dealkylation sites (tertiary alicyclic amines) is 1. The standard InChI is InChI=1S/C15H19ClN2O4S/c1-23(20,21)18-10-14(15(19)17-7-3-2-4-8-17)22-13-6-5-11(16)9-12(13)18/h5-6,9,14H,2-4,7-8,10H2,1H3. The summed E-state index contributed by atoms with van der Waals surface area (Å²) < 4.78 is 31.2. The van der Waals surface area contributed by atoms with Gasteiger partial charge in [0.25, 0.3) is 5.91 Å². The molecule has 1 amide bonds. The van der Waals surface area contributed by atoms with Crippen molar-refractivity contribution in [2.24, 2.45) is 0 Å². The number of carbonyl (C=O) groups excluding carboxylic acids is 1. The van der Waals surface area contributed by atoms with Crippen LogP contribution in [0.5, 0.6) is 5.75 Å². The molecule has 1 aromatic carbocycles. The first kappa shape index (κ1) is 16.4. The maximum Gasteiger partial charge on any atom is 0.265 e. The smallest absolute Gasteiger partial charge is 0.265 e. The highest BCUT2D eigenvalue weighted by Gasteiger charge is 2.37. The van der Waals surface area contributed by atoms with E-state index in [4.69, 9.17) is 16.3 Å². The quantitative estimate of drug-likeness (QED) is 0.809. The van der Waals surface area contributed by atoms with Crippen LogP contribution >= 0.6 is 11.6 Å². The van der Waals surface area contributed by atoms with Crippen LogP contribution in [0.1, 0.15) is 19.3 Å². The van der Waals surface area contributed by atoms with Crippen molar-refractivity contribution >= 4 is 33.2 Å². The number of amides is 1. The van der Waals surface area contributed by atoms with Gasteiger partial charge < -0.3 is 9.64 Å². The van der Waals surface area contributed by atoms with E-state index in [1.54, 1.807) is 23.1 Å². The maximum absolute atomic E-state index is 12.7. The zero-order valence-corrected chi connectivity index (χ0v) is 14.4. The van der Waals surface area contributed by atoms with E-state index in [9.17, 15) is 13.2 Å². The minimum absolute atomic E-state index is 0.0263. The highest BCUT2D eigenvalue weighted by molar-refractivity contribution is 7.92. The Labute approximate surface area is 141 Å². The number of rotatable bonds is 2. The Morgan fingerprint density at radius 3 is 2.61 bits per heavy atom. The molecule has 0 bridgehead atoms. The van der Waals surface area contributed by atoms with Gasteiger partial charge in [0, 0.05) is 18.1 Å². The molecule has 23 heavy (non-hydrogen) atoms. The third kappa shape index (κ3) is 3.40. The molecular formula is C15H19ClN2O4S. The van der Waals surface area contributed by atoms with Gasteiger partial charge in [0.05, 0.1) is 18.5 Å². The van der Waals surface area contributed by atoms with E-state index < -0.39 is 16.1 Å². The highest BCUT2D eigenvalue weighted by Crippen LogP contribution is 2.37. The third-order valence-corrected chi connectivity index (χ3v) is 5.52. The monoisotopic (exact) mass is 358 g/mol. The van der Waals surface area contributed by atoms with Gasteiger partial charge in [0.15, 0.2) is 6.10 Å². The van der Waals surface area contributed by atoms with E-state index in [2.05, 4.69) is 0 Å². The van der Waals surface area contributed by atoms with Crippen molar-refractivity contribution in [3.63, 3.8) is 0 Å². The molecule has 0 N–H and O–H groups in total. The fourth-order valence-electron chi connectivity index (χ4n) is 2.99. The van der Waals surface area contributed by atoms with E-state index in [0.29, 0.717) is 29.5 Å². The molecule has 2 aliphatic rings. The van der Waals surface area contributed by atoms with Crippen LogP contribution in [-0.2, 0) is 14.8 Å². The van der Waals surface area contributed by atoms with Crippen LogP contribution in [-0.4, -0.2) is 51.2 Å². The third-order valence-electron chi connectivity index (χ3n) is 4.13. The summed E-state index contributed by atoms with van der Waals surface area (Å²) in [4.78, 5) is 14.4. The molecule has 1 atom stereocenters.